The lowest BCUT2D eigenvalue weighted by Crippen LogP contribution is -2.32. The Labute approximate surface area is 168 Å². The van der Waals surface area contributed by atoms with Crippen LogP contribution in [-0.4, -0.2) is 0 Å². The van der Waals surface area contributed by atoms with E-state index < -0.39 is 5.41 Å². The first-order chi connectivity index (χ1) is 15.0. The number of para-hydroxylation sites is 1. The molecule has 0 saturated carbocycles. The summed E-state index contributed by atoms with van der Waals surface area (Å²) in [6.45, 7) is 0. The van der Waals surface area contributed by atoms with E-state index in [1.807, 2.05) is 54.6 Å². The van der Waals surface area contributed by atoms with Gasteiger partial charge in [-0.3, -0.25) is 0 Å². The van der Waals surface area contributed by atoms with Crippen LogP contribution in [0.2, 0.25) is 5.02 Å². The van der Waals surface area contributed by atoms with Crippen LogP contribution in [-0.2, 0) is 5.41 Å². The zero-order valence-electron chi connectivity index (χ0n) is 18.1. The van der Waals surface area contributed by atoms with Crippen molar-refractivity contribution in [2.75, 3.05) is 0 Å². The summed E-state index contributed by atoms with van der Waals surface area (Å²) in [4.78, 5) is 0. The molecule has 0 N–H and O–H groups in total. The lowest BCUT2D eigenvalue weighted by Gasteiger charge is -2.39. The van der Waals surface area contributed by atoms with Gasteiger partial charge in [0.25, 0.3) is 0 Å². The molecular weight excluding hydrogens is 352 g/mol. The summed E-state index contributed by atoms with van der Waals surface area (Å²) in [5.74, 6) is 1.23. The molecule has 0 amide bonds. The maximum atomic E-state index is 8.92. The van der Waals surface area contributed by atoms with Gasteiger partial charge in [-0.2, -0.15) is 0 Å². The minimum absolute atomic E-state index is 0.0280. The predicted octanol–water partition coefficient (Wildman–Crippen LogP) is 6.81. The zero-order valence-corrected chi connectivity index (χ0v) is 14.9. The van der Waals surface area contributed by atoms with E-state index in [4.69, 9.17) is 21.8 Å². The van der Waals surface area contributed by atoms with Crippen LogP contribution in [0.5, 0.6) is 11.5 Å². The van der Waals surface area contributed by atoms with Gasteiger partial charge < -0.3 is 4.74 Å². The molecule has 0 fully saturated rings. The summed E-state index contributed by atoms with van der Waals surface area (Å²) < 4.78 is 40.5. The van der Waals surface area contributed by atoms with Gasteiger partial charge in [-0.15, -0.1) is 0 Å². The van der Waals surface area contributed by atoms with Crippen LogP contribution in [0, 0.1) is 0 Å². The van der Waals surface area contributed by atoms with Crippen LogP contribution >= 0.6 is 11.6 Å². The maximum absolute atomic E-state index is 8.92. The maximum Gasteiger partial charge on any atom is 0.133 e. The highest BCUT2D eigenvalue weighted by atomic mass is 35.5. The lowest BCUT2D eigenvalue weighted by atomic mass is 9.66. The van der Waals surface area contributed by atoms with Gasteiger partial charge in [0.1, 0.15) is 11.5 Å². The standard InChI is InChI=1S/C25H15ClO/c26-16-13-14-22-24(15-16)27-23-12-6-5-11-21(23)25(22)19-9-3-1-7-17(19)18-8-2-4-10-20(18)25/h1-15H/i1D,3D,7D,9D. The number of rotatable bonds is 0. The molecule has 4 aromatic carbocycles. The number of benzene rings is 4. The first-order valence-electron chi connectivity index (χ1n) is 10.7. The van der Waals surface area contributed by atoms with E-state index >= 15 is 0 Å². The second-order valence-electron chi connectivity index (χ2n) is 6.78. The van der Waals surface area contributed by atoms with Crippen molar-refractivity contribution >= 4 is 11.6 Å². The summed E-state index contributed by atoms with van der Waals surface area (Å²) in [5, 5.41) is 0.537. The minimum atomic E-state index is -0.933. The van der Waals surface area contributed by atoms with Crippen LogP contribution in [0.4, 0.5) is 0 Å². The smallest absolute Gasteiger partial charge is 0.133 e. The Kier molecular flexibility index (Phi) is 2.26. The summed E-state index contributed by atoms with van der Waals surface area (Å²) in [7, 11) is 0. The molecule has 6 rings (SSSR count). The van der Waals surface area contributed by atoms with Crippen molar-refractivity contribution in [3.05, 3.63) is 118 Å². The summed E-state index contributed by atoms with van der Waals surface area (Å²) in [6.07, 6.45) is 0. The van der Waals surface area contributed by atoms with Gasteiger partial charge in [-0.1, -0.05) is 84.3 Å². The van der Waals surface area contributed by atoms with E-state index in [0.717, 1.165) is 22.3 Å². The van der Waals surface area contributed by atoms with Crippen molar-refractivity contribution in [2.24, 2.45) is 0 Å². The van der Waals surface area contributed by atoms with Crippen LogP contribution in [0.3, 0.4) is 0 Å². The molecule has 1 heterocycles. The number of fused-ring (bicyclic) bond motifs is 9. The molecule has 0 saturated heterocycles. The fourth-order valence-corrected chi connectivity index (χ4v) is 4.70. The lowest BCUT2D eigenvalue weighted by molar-refractivity contribution is 0.436. The minimum Gasteiger partial charge on any atom is -0.457 e. The average Bonchev–Trinajstić information content (AvgIpc) is 3.08. The number of halogens is 1. The Bertz CT molecular complexity index is 1430. The Morgan fingerprint density at radius 2 is 1.44 bits per heavy atom. The van der Waals surface area contributed by atoms with Gasteiger partial charge in [-0.05, 0) is 40.5 Å². The Morgan fingerprint density at radius 3 is 2.37 bits per heavy atom. The van der Waals surface area contributed by atoms with Crippen LogP contribution in [0.25, 0.3) is 11.1 Å². The van der Waals surface area contributed by atoms with E-state index in [1.54, 1.807) is 12.1 Å². The molecular formula is C25H15ClO. The van der Waals surface area contributed by atoms with Crippen molar-refractivity contribution in [2.45, 2.75) is 5.41 Å². The van der Waals surface area contributed by atoms with Crippen molar-refractivity contribution in [3.63, 3.8) is 0 Å². The first kappa shape index (κ1) is 11.6. The van der Waals surface area contributed by atoms with Gasteiger partial charge in [-0.25, -0.2) is 0 Å². The van der Waals surface area contributed by atoms with Gasteiger partial charge in [0, 0.05) is 16.1 Å². The average molecular weight is 371 g/mol. The highest BCUT2D eigenvalue weighted by molar-refractivity contribution is 6.30. The fraction of sp³-hybridized carbons (Fsp3) is 0.0400. The van der Waals surface area contributed by atoms with E-state index in [-0.39, 0.29) is 24.2 Å². The second kappa shape index (κ2) is 5.25. The van der Waals surface area contributed by atoms with Crippen LogP contribution in [0.1, 0.15) is 27.7 Å². The Balaban J connectivity index is 1.91. The van der Waals surface area contributed by atoms with E-state index in [1.165, 1.54) is 0 Å². The predicted molar refractivity (Wildman–Crippen MR) is 109 cm³/mol. The number of hydrogen-bond donors (Lipinski definition) is 0. The van der Waals surface area contributed by atoms with Crippen molar-refractivity contribution < 1.29 is 10.2 Å². The molecule has 1 aliphatic carbocycles. The highest BCUT2D eigenvalue weighted by Gasteiger charge is 2.50. The Morgan fingerprint density at radius 1 is 0.704 bits per heavy atom. The van der Waals surface area contributed by atoms with Crippen LogP contribution < -0.4 is 4.74 Å². The third-order valence-electron chi connectivity index (χ3n) is 5.52. The van der Waals surface area contributed by atoms with E-state index in [2.05, 4.69) is 0 Å². The molecule has 2 aliphatic rings. The molecule has 1 nitrogen and oxygen atoms in total. The molecule has 1 atom stereocenters. The number of ether oxygens (including phenoxy) is 1. The molecule has 4 aromatic rings. The fourth-order valence-electron chi connectivity index (χ4n) is 4.54. The largest absolute Gasteiger partial charge is 0.457 e. The topological polar surface area (TPSA) is 9.23 Å². The van der Waals surface area contributed by atoms with Gasteiger partial charge >= 0.3 is 0 Å². The second-order valence-corrected chi connectivity index (χ2v) is 7.22. The SMILES string of the molecule is [2H]c1c([2H])c([2H])c2c(c1[2H])-c1ccccc1C21c2ccccc2Oc2cc(Cl)ccc21. The van der Waals surface area contributed by atoms with Gasteiger partial charge in [0.15, 0.2) is 0 Å². The third kappa shape index (κ3) is 1.80. The summed E-state index contributed by atoms with van der Waals surface area (Å²) >= 11 is 6.30. The first-order valence-corrected chi connectivity index (χ1v) is 9.12. The normalized spacial score (nSPS) is 20.3. The molecule has 1 unspecified atom stereocenters. The van der Waals surface area contributed by atoms with Gasteiger partial charge in [0.2, 0.25) is 0 Å². The summed E-state index contributed by atoms with van der Waals surface area (Å²) in [5.41, 5.74) is 3.54. The molecule has 2 heteroatoms. The quantitative estimate of drug-likeness (QED) is 0.285. The molecule has 128 valence electrons. The number of hydrogen-bond acceptors (Lipinski definition) is 1. The molecule has 1 spiro atoms. The molecule has 0 bridgehead atoms. The van der Waals surface area contributed by atoms with Crippen molar-refractivity contribution in [1.29, 1.82) is 0 Å². The highest BCUT2D eigenvalue weighted by Crippen LogP contribution is 2.61. The van der Waals surface area contributed by atoms with E-state index in [9.17, 15) is 0 Å². The van der Waals surface area contributed by atoms with E-state index in [0.29, 0.717) is 27.6 Å². The molecule has 27 heavy (non-hydrogen) atoms. The van der Waals surface area contributed by atoms with Crippen molar-refractivity contribution in [3.8, 4) is 22.6 Å². The molecule has 1 aliphatic heterocycles. The van der Waals surface area contributed by atoms with Crippen molar-refractivity contribution in [1.82, 2.24) is 0 Å². The monoisotopic (exact) mass is 370 g/mol. The molecule has 0 radical (unpaired) electrons. The van der Waals surface area contributed by atoms with Crippen LogP contribution in [0.15, 0.2) is 90.9 Å². The zero-order chi connectivity index (χ0) is 21.5. The molecule has 0 aromatic heterocycles. The summed E-state index contributed by atoms with van der Waals surface area (Å²) in [6, 6.07) is 20.4. The third-order valence-corrected chi connectivity index (χ3v) is 5.76. The van der Waals surface area contributed by atoms with Gasteiger partial charge in [0.05, 0.1) is 10.9 Å². The Hall–Kier alpha value is -3.03.